The summed E-state index contributed by atoms with van der Waals surface area (Å²) in [5.74, 6) is 0.0636. The van der Waals surface area contributed by atoms with Crippen LogP contribution in [0.4, 0.5) is 0 Å². The van der Waals surface area contributed by atoms with Gasteiger partial charge < -0.3 is 10.1 Å². The molecule has 0 aromatic heterocycles. The fraction of sp³-hybridized carbons (Fsp3) is 0.750. The van der Waals surface area contributed by atoms with Crippen LogP contribution in [0.15, 0.2) is 0 Å². The van der Waals surface area contributed by atoms with Crippen molar-refractivity contribution in [2.24, 2.45) is 0 Å². The largest absolute Gasteiger partial charge is 0.320 e. The zero-order valence-electron chi connectivity index (χ0n) is 8.09. The van der Waals surface area contributed by atoms with E-state index in [4.69, 9.17) is 0 Å². The molecule has 0 aliphatic carbocycles. The second-order valence-electron chi connectivity index (χ2n) is 2.75. The maximum Gasteiger partial charge on any atom is 0.148 e. The summed E-state index contributed by atoms with van der Waals surface area (Å²) >= 11 is 0. The molecule has 0 unspecified atom stereocenters. The van der Waals surface area contributed by atoms with E-state index >= 15 is 0 Å². The Kier molecular flexibility index (Phi) is 7.38. The predicted octanol–water partition coefficient (Wildman–Crippen LogP) is -1.15. The highest BCUT2D eigenvalue weighted by Gasteiger charge is 2.11. The molecule has 5 heteroatoms. The molecule has 76 valence electrons. The molecule has 0 aliphatic rings. The van der Waals surface area contributed by atoms with Gasteiger partial charge in [-0.2, -0.15) is 0 Å². The molecular formula is C8H17N3O2. The van der Waals surface area contributed by atoms with Gasteiger partial charge in [-0.1, -0.05) is 0 Å². The van der Waals surface area contributed by atoms with Gasteiger partial charge in [0.25, 0.3) is 0 Å². The van der Waals surface area contributed by atoms with Crippen molar-refractivity contribution in [3.05, 3.63) is 0 Å². The first-order chi connectivity index (χ1) is 6.22. The van der Waals surface area contributed by atoms with Gasteiger partial charge in [-0.3, -0.25) is 10.2 Å². The van der Waals surface area contributed by atoms with Gasteiger partial charge in [-0.05, 0) is 26.9 Å². The van der Waals surface area contributed by atoms with Crippen molar-refractivity contribution >= 4 is 12.1 Å². The Hall–Kier alpha value is -0.780. The third kappa shape index (κ3) is 6.39. The van der Waals surface area contributed by atoms with E-state index in [2.05, 4.69) is 16.2 Å². The fourth-order valence-corrected chi connectivity index (χ4v) is 0.890. The molecule has 0 rings (SSSR count). The summed E-state index contributed by atoms with van der Waals surface area (Å²) in [5, 5.41) is 2.95. The van der Waals surface area contributed by atoms with Crippen molar-refractivity contribution in [3.8, 4) is 0 Å². The number of hydrogen-bond donors (Lipinski definition) is 3. The summed E-state index contributed by atoms with van der Waals surface area (Å²) in [6.45, 7) is 2.50. The molecule has 0 heterocycles. The maximum atomic E-state index is 11.0. The highest BCUT2D eigenvalue weighted by atomic mass is 16.1. The first-order valence-electron chi connectivity index (χ1n) is 4.29. The molecule has 0 saturated heterocycles. The second-order valence-corrected chi connectivity index (χ2v) is 2.75. The van der Waals surface area contributed by atoms with Gasteiger partial charge in [0, 0.05) is 0 Å². The topological polar surface area (TPSA) is 70.2 Å². The Labute approximate surface area is 78.2 Å². The number of hydrogen-bond acceptors (Lipinski definition) is 5. The average Bonchev–Trinajstić information content (AvgIpc) is 2.10. The number of carbonyl (C=O) groups is 2. The number of ketones is 1. The monoisotopic (exact) mass is 187 g/mol. The Morgan fingerprint density at radius 3 is 2.69 bits per heavy atom. The predicted molar refractivity (Wildman–Crippen MR) is 50.2 cm³/mol. The lowest BCUT2D eigenvalue weighted by Gasteiger charge is -2.15. The third-order valence-corrected chi connectivity index (χ3v) is 1.64. The molecular weight excluding hydrogens is 170 g/mol. The molecule has 1 atom stereocenters. The van der Waals surface area contributed by atoms with Crippen molar-refractivity contribution in [2.75, 3.05) is 20.1 Å². The first-order valence-corrected chi connectivity index (χ1v) is 4.29. The number of nitrogens with one attached hydrogen (secondary N) is 3. The van der Waals surface area contributed by atoms with Gasteiger partial charge in [0.2, 0.25) is 0 Å². The standard InChI is InChI=1S/C8H17N3O2/c1-7(13)8(3-4-9-2)11-10-5-6-12/h6,8-11H,3-5H2,1-2H3/t8-/m0/s1. The molecule has 0 bridgehead atoms. The Bertz CT molecular complexity index is 161. The molecule has 0 aromatic rings. The summed E-state index contributed by atoms with van der Waals surface area (Å²) in [4.78, 5) is 21.0. The van der Waals surface area contributed by atoms with Gasteiger partial charge in [-0.25, -0.2) is 5.43 Å². The van der Waals surface area contributed by atoms with Crippen molar-refractivity contribution in [1.29, 1.82) is 0 Å². The van der Waals surface area contributed by atoms with Crippen molar-refractivity contribution in [1.82, 2.24) is 16.2 Å². The third-order valence-electron chi connectivity index (χ3n) is 1.64. The molecule has 0 saturated carbocycles. The van der Waals surface area contributed by atoms with Gasteiger partial charge in [-0.15, -0.1) is 0 Å². The van der Waals surface area contributed by atoms with Crippen LogP contribution in [-0.4, -0.2) is 38.2 Å². The molecule has 0 fully saturated rings. The van der Waals surface area contributed by atoms with Crippen molar-refractivity contribution < 1.29 is 9.59 Å². The van der Waals surface area contributed by atoms with Crippen LogP contribution in [0.1, 0.15) is 13.3 Å². The number of carbonyl (C=O) groups excluding carboxylic acids is 2. The summed E-state index contributed by atoms with van der Waals surface area (Å²) in [7, 11) is 1.83. The maximum absolute atomic E-state index is 11.0. The van der Waals surface area contributed by atoms with E-state index in [0.717, 1.165) is 12.8 Å². The lowest BCUT2D eigenvalue weighted by atomic mass is 10.1. The van der Waals surface area contributed by atoms with Crippen LogP contribution in [0.5, 0.6) is 0 Å². The molecule has 0 aromatic carbocycles. The first kappa shape index (κ1) is 12.2. The average molecular weight is 187 g/mol. The fourth-order valence-electron chi connectivity index (χ4n) is 0.890. The van der Waals surface area contributed by atoms with E-state index in [1.807, 2.05) is 7.05 Å². The van der Waals surface area contributed by atoms with Crippen LogP contribution in [0.2, 0.25) is 0 Å². The minimum Gasteiger partial charge on any atom is -0.320 e. The molecule has 3 N–H and O–H groups in total. The molecule has 0 aliphatic heterocycles. The Morgan fingerprint density at radius 2 is 2.23 bits per heavy atom. The van der Waals surface area contributed by atoms with Gasteiger partial charge in [0.05, 0.1) is 12.6 Å². The molecule has 13 heavy (non-hydrogen) atoms. The van der Waals surface area contributed by atoms with Crippen LogP contribution in [0.3, 0.4) is 0 Å². The van der Waals surface area contributed by atoms with Gasteiger partial charge in [0.15, 0.2) is 0 Å². The molecule has 0 radical (unpaired) electrons. The van der Waals surface area contributed by atoms with Crippen LogP contribution in [-0.2, 0) is 9.59 Å². The van der Waals surface area contributed by atoms with Crippen LogP contribution in [0.25, 0.3) is 0 Å². The van der Waals surface area contributed by atoms with E-state index in [1.165, 1.54) is 6.92 Å². The second kappa shape index (κ2) is 7.85. The van der Waals surface area contributed by atoms with E-state index in [-0.39, 0.29) is 18.4 Å². The lowest BCUT2D eigenvalue weighted by molar-refractivity contribution is -0.119. The summed E-state index contributed by atoms with van der Waals surface area (Å²) in [5.41, 5.74) is 5.44. The number of aldehydes is 1. The zero-order chi connectivity index (χ0) is 10.1. The summed E-state index contributed by atoms with van der Waals surface area (Å²) in [6.07, 6.45) is 1.44. The number of rotatable bonds is 8. The van der Waals surface area contributed by atoms with Gasteiger partial charge in [0.1, 0.15) is 12.1 Å². The normalized spacial score (nSPS) is 12.5. The Balaban J connectivity index is 3.66. The highest BCUT2D eigenvalue weighted by molar-refractivity contribution is 5.81. The number of Topliss-reactive ketones (excluding diaryl/α,β-unsaturated/α-hetero) is 1. The van der Waals surface area contributed by atoms with Crippen molar-refractivity contribution in [3.63, 3.8) is 0 Å². The molecule has 5 nitrogen and oxygen atoms in total. The van der Waals surface area contributed by atoms with Crippen LogP contribution < -0.4 is 16.2 Å². The lowest BCUT2D eigenvalue weighted by Crippen LogP contribution is -2.46. The highest BCUT2D eigenvalue weighted by Crippen LogP contribution is 1.90. The quantitative estimate of drug-likeness (QED) is 0.254. The van der Waals surface area contributed by atoms with Gasteiger partial charge >= 0.3 is 0 Å². The smallest absolute Gasteiger partial charge is 0.148 e. The van der Waals surface area contributed by atoms with E-state index < -0.39 is 0 Å². The van der Waals surface area contributed by atoms with Crippen LogP contribution >= 0.6 is 0 Å². The van der Waals surface area contributed by atoms with E-state index in [9.17, 15) is 9.59 Å². The summed E-state index contributed by atoms with van der Waals surface area (Å²) < 4.78 is 0. The SMILES string of the molecule is CNCC[C@H](NNCC=O)C(C)=O. The zero-order valence-corrected chi connectivity index (χ0v) is 8.09. The van der Waals surface area contributed by atoms with Crippen LogP contribution in [0, 0.1) is 0 Å². The Morgan fingerprint density at radius 1 is 1.54 bits per heavy atom. The van der Waals surface area contributed by atoms with E-state index in [1.54, 1.807) is 0 Å². The minimum absolute atomic E-state index is 0.0636. The van der Waals surface area contributed by atoms with Crippen molar-refractivity contribution in [2.45, 2.75) is 19.4 Å². The molecule has 0 spiro atoms. The van der Waals surface area contributed by atoms with E-state index in [0.29, 0.717) is 6.42 Å². The minimum atomic E-state index is -0.229. The summed E-state index contributed by atoms with van der Waals surface area (Å²) in [6, 6.07) is -0.229. The molecule has 0 amide bonds. The number of hydrazine groups is 1.